The van der Waals surface area contributed by atoms with Crippen LogP contribution >= 0.6 is 22.7 Å². The Hall–Kier alpha value is -6.99. The van der Waals surface area contributed by atoms with Gasteiger partial charge in [-0.15, -0.1) is 22.7 Å². The largest absolute Gasteiger partial charge is 0.455 e. The van der Waals surface area contributed by atoms with Crippen molar-refractivity contribution in [3.8, 4) is 56.4 Å². The van der Waals surface area contributed by atoms with Crippen molar-refractivity contribution >= 4 is 85.0 Å². The quantitative estimate of drug-likeness (QED) is 0.174. The Morgan fingerprint density at radius 2 is 1.02 bits per heavy atom. The fourth-order valence-corrected chi connectivity index (χ4v) is 8.53. The van der Waals surface area contributed by atoms with Crippen LogP contribution in [0.2, 0.25) is 0 Å². The average molecular weight is 793 g/mol. The van der Waals surface area contributed by atoms with Crippen LogP contribution in [0.15, 0.2) is 180 Å². The number of para-hydroxylation sites is 1. The third-order valence-electron chi connectivity index (χ3n) is 8.88. The molecule has 266 valence electrons. The fraction of sp³-hybridized carbons (Fsp3) is 0. The highest BCUT2D eigenvalue weighted by Gasteiger charge is 2.21. The molecule has 0 spiro atoms. The van der Waals surface area contributed by atoms with E-state index in [9.17, 15) is 13.7 Å². The molecule has 0 radical (unpaired) electrons. The maximum Gasteiger partial charge on any atom is 0.164 e. The molecule has 12 aromatic rings. The molecule has 0 N–H and O–H groups in total. The van der Waals surface area contributed by atoms with Gasteiger partial charge in [-0.1, -0.05) is 139 Å². The lowest BCUT2D eigenvalue weighted by Crippen LogP contribution is -2.00. The number of furan rings is 1. The molecule has 6 heteroatoms. The van der Waals surface area contributed by atoms with Crippen molar-refractivity contribution in [2.24, 2.45) is 0 Å². The van der Waals surface area contributed by atoms with Crippen molar-refractivity contribution in [2.75, 3.05) is 0 Å². The molecular weight excluding hydrogens is 735 g/mol. The summed E-state index contributed by atoms with van der Waals surface area (Å²) in [7, 11) is 0. The SMILES string of the molecule is [2H]c1c([2H])c([2H])c(-c2nc(-c3c([2H])c([2H])c([2H])c([2H])c3[2H])nc(-c3c([2H])c([2H])c([2H])c4sc5c(-c6c([2H])c(-c7c([2H])c([2H])c8c(sc9c([2H])c([2H])c([2H])c([2H])c98)c7[2H])c7oc8c([2H])c([2H])c([2H])c([2H])c8c7c6[2H])c([2H])c([2H])c([2H])c5c34)n2)c([2H])c1[2H]. The van der Waals surface area contributed by atoms with E-state index in [-0.39, 0.29) is 29.6 Å². The summed E-state index contributed by atoms with van der Waals surface area (Å²) >= 11 is 1.20. The highest BCUT2D eigenvalue weighted by Crippen LogP contribution is 2.47. The predicted octanol–water partition coefficient (Wildman–Crippen LogP) is 14.8. The molecule has 12 rings (SSSR count). The van der Waals surface area contributed by atoms with E-state index in [1.807, 2.05) is 0 Å². The molecule has 0 atom stereocenters. The molecule has 0 aliphatic carbocycles. The van der Waals surface area contributed by atoms with Crippen LogP contribution in [0.25, 0.3) is 119 Å². The Kier molecular flexibility index (Phi) is 3.32. The van der Waals surface area contributed by atoms with Gasteiger partial charge in [0.05, 0.1) is 39.8 Å². The third kappa shape index (κ3) is 5.22. The van der Waals surface area contributed by atoms with E-state index in [4.69, 9.17) is 30.5 Å². The maximum absolute atomic E-state index is 10.2. The highest BCUT2D eigenvalue weighted by atomic mass is 32.1. The van der Waals surface area contributed by atoms with E-state index in [1.54, 1.807) is 0 Å². The molecule has 0 saturated carbocycles. The number of benzene rings is 8. The predicted molar refractivity (Wildman–Crippen MR) is 240 cm³/mol. The molecule has 0 fully saturated rings. The Bertz CT molecular complexity index is 5100. The Morgan fingerprint density at radius 3 is 1.82 bits per heavy atom. The molecule has 0 bridgehead atoms. The van der Waals surface area contributed by atoms with Crippen LogP contribution in [0.4, 0.5) is 0 Å². The Balaban J connectivity index is 1.27. The van der Waals surface area contributed by atoms with Crippen LogP contribution in [0.1, 0.15) is 39.8 Å². The molecule has 57 heavy (non-hydrogen) atoms. The minimum absolute atomic E-state index is 0.0904. The first kappa shape index (κ1) is 14.8. The summed E-state index contributed by atoms with van der Waals surface area (Å²) in [4.78, 5) is 13.2. The second-order valence-electron chi connectivity index (χ2n) is 12.1. The van der Waals surface area contributed by atoms with Gasteiger partial charge < -0.3 is 4.42 Å². The molecule has 4 nitrogen and oxygen atoms in total. The highest BCUT2D eigenvalue weighted by molar-refractivity contribution is 7.26. The van der Waals surface area contributed by atoms with Crippen molar-refractivity contribution in [3.63, 3.8) is 0 Å². The number of hydrogen-bond donors (Lipinski definition) is 0. The van der Waals surface area contributed by atoms with Gasteiger partial charge in [0.25, 0.3) is 0 Å². The van der Waals surface area contributed by atoms with Gasteiger partial charge in [-0.3, -0.25) is 0 Å². The summed E-state index contributed by atoms with van der Waals surface area (Å²) in [6.45, 7) is 0. The molecule has 8 aromatic carbocycles. The van der Waals surface area contributed by atoms with Gasteiger partial charge in [-0.25, -0.2) is 15.0 Å². The van der Waals surface area contributed by atoms with Crippen molar-refractivity contribution < 1.29 is 44.2 Å². The zero-order valence-corrected chi connectivity index (χ0v) is 29.7. The third-order valence-corrected chi connectivity index (χ3v) is 11.0. The van der Waals surface area contributed by atoms with Crippen LogP contribution < -0.4 is 0 Å². The van der Waals surface area contributed by atoms with Crippen LogP contribution in [0.5, 0.6) is 0 Å². The standard InChI is InChI=1S/C51H29N3OS2/c1-3-13-30(14-4-1)49-52-50(31-15-5-2-6-16-31)54-51(53-49)39-21-12-24-44-46(39)38-20-11-19-34(48(38)57-44)33-27-40(47-41(28-33)35-17-7-9-22-42(35)55-47)32-25-26-37-36-18-8-10-23-43(36)56-45(37)29-32/h1-29H/i1D,2D,3D,4D,5D,6D,7D,8D,9D,10D,11D,12D,13D,14D,15D,16D,17D,18D,19D,20D,21D,22D,23D,24D,25D,26D,27D,28D,29D. The van der Waals surface area contributed by atoms with Crippen LogP contribution in [-0.2, 0) is 0 Å². The second kappa shape index (κ2) is 12.8. The molecule has 4 aromatic heterocycles. The van der Waals surface area contributed by atoms with Crippen LogP contribution in [0.3, 0.4) is 0 Å². The van der Waals surface area contributed by atoms with Crippen molar-refractivity contribution in [3.05, 3.63) is 175 Å². The van der Waals surface area contributed by atoms with E-state index in [0.29, 0.717) is 22.7 Å². The summed E-state index contributed by atoms with van der Waals surface area (Å²) in [5.74, 6) is -2.36. The first-order valence-corrected chi connectivity index (χ1v) is 18.2. The number of nitrogens with zero attached hydrogens (tertiary/aromatic N) is 3. The molecule has 0 amide bonds. The summed E-state index contributed by atoms with van der Waals surface area (Å²) in [5.41, 5.74) is -5.68. The molecule has 4 heterocycles. The lowest BCUT2D eigenvalue weighted by atomic mass is 9.94. The van der Waals surface area contributed by atoms with E-state index in [1.165, 1.54) is 0 Å². The molecule has 0 aliphatic rings. The average Bonchev–Trinajstić information content (AvgIpc) is 1.49. The zero-order valence-electron chi connectivity index (χ0n) is 57.1. The van der Waals surface area contributed by atoms with Gasteiger partial charge >= 0.3 is 0 Å². The Morgan fingerprint density at radius 1 is 0.386 bits per heavy atom. The van der Waals surface area contributed by atoms with Crippen LogP contribution in [0, 0.1) is 0 Å². The van der Waals surface area contributed by atoms with E-state index in [2.05, 4.69) is 15.0 Å². The summed E-state index contributed by atoms with van der Waals surface area (Å²) in [5, 5.41) is -2.24. The van der Waals surface area contributed by atoms with Gasteiger partial charge in [0.15, 0.2) is 17.5 Å². The van der Waals surface area contributed by atoms with Crippen molar-refractivity contribution in [1.82, 2.24) is 15.0 Å². The second-order valence-corrected chi connectivity index (χ2v) is 14.1. The van der Waals surface area contributed by atoms with Gasteiger partial charge in [-0.2, -0.15) is 0 Å². The lowest BCUT2D eigenvalue weighted by molar-refractivity contribution is 0.670. The minimum Gasteiger partial charge on any atom is -0.455 e. The number of rotatable bonds is 5. The minimum atomic E-state index is -0.955. The van der Waals surface area contributed by atoms with E-state index in [0.717, 1.165) is 0 Å². The number of aromatic nitrogens is 3. The molecule has 0 unspecified atom stereocenters. The molecule has 0 saturated heterocycles. The monoisotopic (exact) mass is 792 g/mol. The van der Waals surface area contributed by atoms with Gasteiger partial charge in [0, 0.05) is 73.4 Å². The molecule has 0 aliphatic heterocycles. The fourth-order valence-electron chi connectivity index (χ4n) is 6.43. The summed E-state index contributed by atoms with van der Waals surface area (Å²) in [6, 6.07) is -23.4. The van der Waals surface area contributed by atoms with E-state index < -0.39 is 264 Å². The summed E-state index contributed by atoms with van der Waals surface area (Å²) < 4.78 is 265. The smallest absolute Gasteiger partial charge is 0.164 e. The normalized spacial score (nSPS) is 19.0. The summed E-state index contributed by atoms with van der Waals surface area (Å²) in [6.07, 6.45) is 0. The van der Waals surface area contributed by atoms with Gasteiger partial charge in [0.1, 0.15) is 11.2 Å². The number of fused-ring (bicyclic) bond motifs is 9. The Labute approximate surface area is 375 Å². The lowest BCUT2D eigenvalue weighted by Gasteiger charge is -2.10. The first-order valence-electron chi connectivity index (χ1n) is 31.1. The van der Waals surface area contributed by atoms with Crippen LogP contribution in [-0.4, -0.2) is 15.0 Å². The number of hydrogen-bond acceptors (Lipinski definition) is 6. The van der Waals surface area contributed by atoms with Gasteiger partial charge in [0.2, 0.25) is 0 Å². The van der Waals surface area contributed by atoms with Crippen molar-refractivity contribution in [1.29, 1.82) is 0 Å². The topological polar surface area (TPSA) is 51.8 Å². The zero-order chi connectivity index (χ0) is 62.7. The first-order chi connectivity index (χ1) is 40.3. The molecular formula is C51H29N3OS2. The number of thiophene rings is 2. The maximum atomic E-state index is 10.2. The van der Waals surface area contributed by atoms with Gasteiger partial charge in [-0.05, 0) is 52.9 Å². The van der Waals surface area contributed by atoms with E-state index >= 15 is 0 Å². The van der Waals surface area contributed by atoms with Crippen molar-refractivity contribution in [2.45, 2.75) is 0 Å².